The molecule has 9 nitrogen and oxygen atoms in total. The fourth-order valence-corrected chi connectivity index (χ4v) is 4.94. The van der Waals surface area contributed by atoms with Gasteiger partial charge in [0.05, 0.1) is 23.5 Å². The van der Waals surface area contributed by atoms with Crippen LogP contribution in [0.1, 0.15) is 11.4 Å². The van der Waals surface area contributed by atoms with Crippen molar-refractivity contribution in [2.24, 2.45) is 14.1 Å². The van der Waals surface area contributed by atoms with Crippen molar-refractivity contribution in [3.8, 4) is 22.5 Å². The highest BCUT2D eigenvalue weighted by molar-refractivity contribution is 7.26. The summed E-state index contributed by atoms with van der Waals surface area (Å²) >= 11 is 1.11. The van der Waals surface area contributed by atoms with Crippen molar-refractivity contribution in [3.05, 3.63) is 42.4 Å². The molecule has 33 heavy (non-hydrogen) atoms. The summed E-state index contributed by atoms with van der Waals surface area (Å²) in [4.78, 5) is 13.3. The first-order chi connectivity index (χ1) is 15.7. The quantitative estimate of drug-likeness (QED) is 0.381. The number of halogens is 3. The Morgan fingerprint density at radius 3 is 2.52 bits per heavy atom. The maximum Gasteiger partial charge on any atom is 0.433 e. The number of nitrogens with zero attached hydrogens (tertiary/aromatic N) is 9. The number of aryl methyl sites for hydroxylation is 2. The highest BCUT2D eigenvalue weighted by Gasteiger charge is 2.35. The molecule has 0 aliphatic carbocycles. The molecule has 0 atom stereocenters. The number of rotatable bonds is 2. The zero-order valence-corrected chi connectivity index (χ0v) is 18.3. The van der Waals surface area contributed by atoms with Gasteiger partial charge < -0.3 is 0 Å². The Bertz CT molecular complexity index is 1700. The van der Waals surface area contributed by atoms with Crippen LogP contribution in [0.15, 0.2) is 31.0 Å². The second kappa shape index (κ2) is 6.57. The molecule has 0 aliphatic heterocycles. The molecular weight excluding hydrogens is 455 g/mol. The molecule has 6 aromatic rings. The molecule has 0 unspecified atom stereocenters. The van der Waals surface area contributed by atoms with Crippen LogP contribution in [0.3, 0.4) is 0 Å². The third-order valence-corrected chi connectivity index (χ3v) is 6.62. The lowest BCUT2D eigenvalue weighted by Gasteiger charge is -2.10. The van der Waals surface area contributed by atoms with Crippen molar-refractivity contribution in [1.82, 2.24) is 44.1 Å². The van der Waals surface area contributed by atoms with Gasteiger partial charge in [-0.15, -0.1) is 16.4 Å². The normalized spacial score (nSPS) is 12.5. The number of pyridine rings is 1. The summed E-state index contributed by atoms with van der Waals surface area (Å²) in [5.41, 5.74) is 2.48. The van der Waals surface area contributed by atoms with Crippen LogP contribution < -0.4 is 0 Å². The highest BCUT2D eigenvalue weighted by atomic mass is 32.1. The van der Waals surface area contributed by atoms with Gasteiger partial charge in [-0.1, -0.05) is 0 Å². The monoisotopic (exact) mass is 469 g/mol. The van der Waals surface area contributed by atoms with E-state index in [2.05, 4.69) is 30.2 Å². The first-order valence-corrected chi connectivity index (χ1v) is 10.6. The standard InChI is InChI=1S/C20H14F3N9S/c1-9-12(6-26-31(9)3)11-4-13(20(21,22)23)27-19-14(11)15-16(33-19)18-28-17(29-32(18)8-24-15)10-5-25-30(2)7-10/h4-8H,1-3H3. The van der Waals surface area contributed by atoms with Crippen molar-refractivity contribution in [2.45, 2.75) is 13.1 Å². The van der Waals surface area contributed by atoms with Crippen molar-refractivity contribution in [3.63, 3.8) is 0 Å². The SMILES string of the molecule is Cc1c(-c2cc(C(F)(F)F)nc3sc4c(ncn5nc(-c6cnn(C)c6)nc45)c23)cnn1C. The minimum absolute atomic E-state index is 0.226. The van der Waals surface area contributed by atoms with Crippen LogP contribution in [0.5, 0.6) is 0 Å². The molecule has 166 valence electrons. The van der Waals surface area contributed by atoms with Gasteiger partial charge in [-0.25, -0.2) is 19.5 Å². The molecule has 0 radical (unpaired) electrons. The summed E-state index contributed by atoms with van der Waals surface area (Å²) in [6, 6.07) is 1.06. The van der Waals surface area contributed by atoms with Crippen LogP contribution in [0.2, 0.25) is 0 Å². The summed E-state index contributed by atoms with van der Waals surface area (Å²) in [6.07, 6.45) is 1.90. The van der Waals surface area contributed by atoms with Crippen LogP contribution in [0.4, 0.5) is 13.2 Å². The molecule has 6 aromatic heterocycles. The van der Waals surface area contributed by atoms with E-state index in [1.807, 2.05) is 0 Å². The number of hydrogen-bond acceptors (Lipinski definition) is 7. The van der Waals surface area contributed by atoms with E-state index in [1.54, 1.807) is 49.0 Å². The van der Waals surface area contributed by atoms with Crippen molar-refractivity contribution in [1.29, 1.82) is 0 Å². The fourth-order valence-electron chi connectivity index (χ4n) is 3.81. The van der Waals surface area contributed by atoms with E-state index < -0.39 is 11.9 Å². The smallest absolute Gasteiger partial charge is 0.275 e. The van der Waals surface area contributed by atoms with E-state index in [1.165, 1.54) is 10.8 Å². The van der Waals surface area contributed by atoms with Crippen LogP contribution >= 0.6 is 11.3 Å². The Morgan fingerprint density at radius 2 is 1.85 bits per heavy atom. The third kappa shape index (κ3) is 2.92. The maximum atomic E-state index is 13.7. The zero-order chi connectivity index (χ0) is 23.1. The van der Waals surface area contributed by atoms with Gasteiger partial charge in [0.15, 0.2) is 11.5 Å². The summed E-state index contributed by atoms with van der Waals surface area (Å²) in [5.74, 6) is 0.446. The summed E-state index contributed by atoms with van der Waals surface area (Å²) in [5, 5.41) is 13.3. The Labute approximate surface area is 187 Å². The molecule has 0 saturated heterocycles. The number of hydrogen-bond donors (Lipinski definition) is 0. The van der Waals surface area contributed by atoms with Crippen LogP contribution in [0, 0.1) is 6.92 Å². The molecule has 0 spiro atoms. The van der Waals surface area contributed by atoms with Crippen molar-refractivity contribution < 1.29 is 13.2 Å². The van der Waals surface area contributed by atoms with Gasteiger partial charge in [0.2, 0.25) is 0 Å². The molecule has 0 aliphatic rings. The number of alkyl halides is 3. The molecule has 0 bridgehead atoms. The minimum Gasteiger partial charge on any atom is -0.275 e. The van der Waals surface area contributed by atoms with Gasteiger partial charge in [0, 0.05) is 36.9 Å². The minimum atomic E-state index is -4.60. The van der Waals surface area contributed by atoms with Gasteiger partial charge in [-0.2, -0.15) is 23.4 Å². The molecule has 6 heterocycles. The molecule has 6 rings (SSSR count). The molecular formula is C20H14F3N9S. The average molecular weight is 469 g/mol. The number of fused-ring (bicyclic) bond motifs is 5. The summed E-state index contributed by atoms with van der Waals surface area (Å²) in [6.45, 7) is 1.81. The molecule has 13 heteroatoms. The van der Waals surface area contributed by atoms with Gasteiger partial charge in [0.25, 0.3) is 0 Å². The lowest BCUT2D eigenvalue weighted by atomic mass is 10.0. The molecule has 0 saturated carbocycles. The fraction of sp³-hybridized carbons (Fsp3) is 0.200. The van der Waals surface area contributed by atoms with E-state index in [-0.39, 0.29) is 4.83 Å². The largest absolute Gasteiger partial charge is 0.433 e. The second-order valence-corrected chi connectivity index (χ2v) is 8.63. The van der Waals surface area contributed by atoms with Crippen molar-refractivity contribution >= 4 is 37.4 Å². The Hall–Kier alpha value is -3.87. The molecule has 0 N–H and O–H groups in total. The maximum absolute atomic E-state index is 13.7. The Morgan fingerprint density at radius 1 is 1.03 bits per heavy atom. The van der Waals surface area contributed by atoms with Crippen LogP contribution in [0.25, 0.3) is 48.6 Å². The van der Waals surface area contributed by atoms with E-state index in [9.17, 15) is 13.2 Å². The topological polar surface area (TPSA) is 91.6 Å². The number of aromatic nitrogens is 9. The lowest BCUT2D eigenvalue weighted by Crippen LogP contribution is -2.08. The van der Waals surface area contributed by atoms with Gasteiger partial charge >= 0.3 is 6.18 Å². The Balaban J connectivity index is 1.70. The summed E-state index contributed by atoms with van der Waals surface area (Å²) in [7, 11) is 3.53. The molecule has 0 aromatic carbocycles. The predicted molar refractivity (Wildman–Crippen MR) is 116 cm³/mol. The van der Waals surface area contributed by atoms with Gasteiger partial charge in [-0.3, -0.25) is 9.36 Å². The van der Waals surface area contributed by atoms with E-state index in [0.717, 1.165) is 28.7 Å². The van der Waals surface area contributed by atoms with Gasteiger partial charge in [-0.05, 0) is 18.6 Å². The van der Waals surface area contributed by atoms with Crippen LogP contribution in [-0.2, 0) is 20.3 Å². The third-order valence-electron chi connectivity index (χ3n) is 5.55. The highest BCUT2D eigenvalue weighted by Crippen LogP contribution is 2.43. The van der Waals surface area contributed by atoms with Crippen molar-refractivity contribution in [2.75, 3.05) is 0 Å². The van der Waals surface area contributed by atoms with E-state index >= 15 is 0 Å². The van der Waals surface area contributed by atoms with E-state index in [4.69, 9.17) is 0 Å². The average Bonchev–Trinajstić information content (AvgIpc) is 3.52. The molecule has 0 fully saturated rings. The number of thiophene rings is 1. The summed E-state index contributed by atoms with van der Waals surface area (Å²) < 4.78 is 46.4. The second-order valence-electron chi connectivity index (χ2n) is 7.63. The first-order valence-electron chi connectivity index (χ1n) is 9.74. The van der Waals surface area contributed by atoms with Crippen LogP contribution in [-0.4, -0.2) is 44.1 Å². The van der Waals surface area contributed by atoms with Gasteiger partial charge in [0.1, 0.15) is 21.6 Å². The Kier molecular flexibility index (Phi) is 3.94. The predicted octanol–water partition coefficient (Wildman–Crippen LogP) is 4.02. The first kappa shape index (κ1) is 19.8. The zero-order valence-electron chi connectivity index (χ0n) is 17.5. The van der Waals surface area contributed by atoms with E-state index in [0.29, 0.717) is 38.2 Å². The molecule has 0 amide bonds. The lowest BCUT2D eigenvalue weighted by molar-refractivity contribution is -0.140.